The lowest BCUT2D eigenvalue weighted by Gasteiger charge is -2.09. The Morgan fingerprint density at radius 3 is 2.55 bits per heavy atom. The molecule has 4 nitrogen and oxygen atoms in total. The zero-order valence-electron chi connectivity index (χ0n) is 11.1. The molecule has 0 unspecified atom stereocenters. The maximum Gasteiger partial charge on any atom is 0.269 e. The molecule has 2 aromatic rings. The van der Waals surface area contributed by atoms with Crippen LogP contribution in [-0.4, -0.2) is 11.5 Å². The van der Waals surface area contributed by atoms with Gasteiger partial charge < -0.3 is 5.32 Å². The number of non-ortho nitro benzene ring substituents is 1. The summed E-state index contributed by atoms with van der Waals surface area (Å²) in [5.41, 5.74) is 3.22. The normalized spacial score (nSPS) is 10.3. The van der Waals surface area contributed by atoms with Gasteiger partial charge in [-0.05, 0) is 36.6 Å². The number of anilines is 1. The van der Waals surface area contributed by atoms with Crippen molar-refractivity contribution in [1.29, 1.82) is 0 Å². The van der Waals surface area contributed by atoms with Crippen molar-refractivity contribution in [3.05, 3.63) is 68.7 Å². The molecule has 0 saturated heterocycles. The molecule has 1 N–H and O–H groups in total. The molecule has 0 aliphatic carbocycles. The summed E-state index contributed by atoms with van der Waals surface area (Å²) in [7, 11) is 0. The SMILES string of the molecule is Cc1ccc(Cl)c(NCCc2ccc([N+](=O)[O-])cc2)c1. The van der Waals surface area contributed by atoms with Gasteiger partial charge in [0.05, 0.1) is 15.6 Å². The number of rotatable bonds is 5. The van der Waals surface area contributed by atoms with Crippen LogP contribution in [0.4, 0.5) is 11.4 Å². The van der Waals surface area contributed by atoms with Gasteiger partial charge in [-0.15, -0.1) is 0 Å². The Labute approximate surface area is 122 Å². The fourth-order valence-electron chi connectivity index (χ4n) is 1.90. The van der Waals surface area contributed by atoms with Crippen molar-refractivity contribution in [2.45, 2.75) is 13.3 Å². The molecule has 104 valence electrons. The Kier molecular flexibility index (Phi) is 4.58. The first-order chi connectivity index (χ1) is 9.56. The van der Waals surface area contributed by atoms with E-state index in [0.29, 0.717) is 5.02 Å². The van der Waals surface area contributed by atoms with E-state index in [0.717, 1.165) is 29.8 Å². The van der Waals surface area contributed by atoms with Crippen molar-refractivity contribution in [1.82, 2.24) is 0 Å². The van der Waals surface area contributed by atoms with E-state index < -0.39 is 4.92 Å². The molecule has 0 aliphatic heterocycles. The molecular weight excluding hydrogens is 276 g/mol. The minimum atomic E-state index is -0.394. The van der Waals surface area contributed by atoms with Gasteiger partial charge in [0.15, 0.2) is 0 Å². The molecule has 0 saturated carbocycles. The molecule has 0 aromatic heterocycles. The second kappa shape index (κ2) is 6.39. The lowest BCUT2D eigenvalue weighted by atomic mass is 10.1. The summed E-state index contributed by atoms with van der Waals surface area (Å²) in [5.74, 6) is 0. The third kappa shape index (κ3) is 3.71. The number of nitro benzene ring substituents is 1. The highest BCUT2D eigenvalue weighted by molar-refractivity contribution is 6.33. The standard InChI is InChI=1S/C15H15ClN2O2/c1-11-2-7-14(16)15(10-11)17-9-8-12-3-5-13(6-4-12)18(19)20/h2-7,10,17H,8-9H2,1H3. The van der Waals surface area contributed by atoms with Gasteiger partial charge in [0.1, 0.15) is 0 Å². The quantitative estimate of drug-likeness (QED) is 0.663. The molecule has 0 amide bonds. The van der Waals surface area contributed by atoms with Gasteiger partial charge >= 0.3 is 0 Å². The van der Waals surface area contributed by atoms with Crippen molar-refractivity contribution >= 4 is 23.0 Å². The van der Waals surface area contributed by atoms with Crippen LogP contribution in [0.2, 0.25) is 5.02 Å². The number of nitrogens with zero attached hydrogens (tertiary/aromatic N) is 1. The summed E-state index contributed by atoms with van der Waals surface area (Å²) < 4.78 is 0. The van der Waals surface area contributed by atoms with Crippen LogP contribution in [0.15, 0.2) is 42.5 Å². The van der Waals surface area contributed by atoms with Crippen molar-refractivity contribution < 1.29 is 4.92 Å². The Hall–Kier alpha value is -2.07. The van der Waals surface area contributed by atoms with Gasteiger partial charge in [-0.1, -0.05) is 29.8 Å². The molecule has 5 heteroatoms. The van der Waals surface area contributed by atoms with E-state index in [1.54, 1.807) is 12.1 Å². The van der Waals surface area contributed by atoms with Crippen LogP contribution in [-0.2, 0) is 6.42 Å². The Bertz CT molecular complexity index is 612. The molecular formula is C15H15ClN2O2. The van der Waals surface area contributed by atoms with Gasteiger partial charge in [-0.2, -0.15) is 0 Å². The Balaban J connectivity index is 1.92. The highest BCUT2D eigenvalue weighted by Gasteiger charge is 2.04. The van der Waals surface area contributed by atoms with E-state index in [1.807, 2.05) is 25.1 Å². The highest BCUT2D eigenvalue weighted by atomic mass is 35.5. The van der Waals surface area contributed by atoms with Gasteiger partial charge in [0.25, 0.3) is 5.69 Å². The minimum absolute atomic E-state index is 0.114. The topological polar surface area (TPSA) is 55.2 Å². The van der Waals surface area contributed by atoms with Gasteiger partial charge in [-0.25, -0.2) is 0 Å². The number of nitro groups is 1. The van der Waals surface area contributed by atoms with Crippen LogP contribution in [0.1, 0.15) is 11.1 Å². The fraction of sp³-hybridized carbons (Fsp3) is 0.200. The molecule has 0 bridgehead atoms. The summed E-state index contributed by atoms with van der Waals surface area (Å²) in [4.78, 5) is 10.2. The second-order valence-corrected chi connectivity index (χ2v) is 4.99. The van der Waals surface area contributed by atoms with E-state index in [1.165, 1.54) is 12.1 Å². The van der Waals surface area contributed by atoms with E-state index in [-0.39, 0.29) is 5.69 Å². The molecule has 0 aliphatic rings. The van der Waals surface area contributed by atoms with Crippen LogP contribution in [0.5, 0.6) is 0 Å². The summed E-state index contributed by atoms with van der Waals surface area (Å²) in [6.07, 6.45) is 0.780. The average Bonchev–Trinajstić information content (AvgIpc) is 2.43. The number of benzene rings is 2. The molecule has 0 spiro atoms. The molecule has 20 heavy (non-hydrogen) atoms. The third-order valence-corrected chi connectivity index (χ3v) is 3.33. The van der Waals surface area contributed by atoms with E-state index in [4.69, 9.17) is 11.6 Å². The lowest BCUT2D eigenvalue weighted by molar-refractivity contribution is -0.384. The van der Waals surface area contributed by atoms with Crippen LogP contribution in [0.25, 0.3) is 0 Å². The first-order valence-electron chi connectivity index (χ1n) is 6.29. The highest BCUT2D eigenvalue weighted by Crippen LogP contribution is 2.22. The number of aryl methyl sites for hydroxylation is 1. The van der Waals surface area contributed by atoms with E-state index in [9.17, 15) is 10.1 Å². The molecule has 0 fully saturated rings. The molecule has 0 atom stereocenters. The minimum Gasteiger partial charge on any atom is -0.384 e. The van der Waals surface area contributed by atoms with Crippen molar-refractivity contribution in [3.8, 4) is 0 Å². The summed E-state index contributed by atoms with van der Waals surface area (Å²) in [6, 6.07) is 12.4. The van der Waals surface area contributed by atoms with Crippen molar-refractivity contribution in [3.63, 3.8) is 0 Å². The van der Waals surface area contributed by atoms with Gasteiger partial charge in [0.2, 0.25) is 0 Å². The number of halogens is 1. The lowest BCUT2D eigenvalue weighted by Crippen LogP contribution is -2.05. The largest absolute Gasteiger partial charge is 0.384 e. The Morgan fingerprint density at radius 2 is 1.90 bits per heavy atom. The van der Waals surface area contributed by atoms with Gasteiger partial charge in [0, 0.05) is 18.7 Å². The van der Waals surface area contributed by atoms with Gasteiger partial charge in [-0.3, -0.25) is 10.1 Å². The van der Waals surface area contributed by atoms with Crippen LogP contribution < -0.4 is 5.32 Å². The fourth-order valence-corrected chi connectivity index (χ4v) is 2.08. The predicted molar refractivity (Wildman–Crippen MR) is 81.5 cm³/mol. The zero-order valence-corrected chi connectivity index (χ0v) is 11.9. The van der Waals surface area contributed by atoms with Crippen molar-refractivity contribution in [2.24, 2.45) is 0 Å². The first-order valence-corrected chi connectivity index (χ1v) is 6.67. The Morgan fingerprint density at radius 1 is 1.20 bits per heavy atom. The number of nitrogens with one attached hydrogen (secondary N) is 1. The molecule has 2 aromatic carbocycles. The molecule has 0 heterocycles. The maximum atomic E-state index is 10.6. The average molecular weight is 291 g/mol. The smallest absolute Gasteiger partial charge is 0.269 e. The molecule has 0 radical (unpaired) electrons. The molecule has 2 rings (SSSR count). The van der Waals surface area contributed by atoms with Crippen LogP contribution in [0.3, 0.4) is 0 Å². The second-order valence-electron chi connectivity index (χ2n) is 4.58. The first kappa shape index (κ1) is 14.3. The van der Waals surface area contributed by atoms with Crippen molar-refractivity contribution in [2.75, 3.05) is 11.9 Å². The summed E-state index contributed by atoms with van der Waals surface area (Å²) in [6.45, 7) is 2.73. The number of hydrogen-bond donors (Lipinski definition) is 1. The maximum absolute atomic E-state index is 10.6. The van der Waals surface area contributed by atoms with E-state index in [2.05, 4.69) is 5.32 Å². The summed E-state index contributed by atoms with van der Waals surface area (Å²) in [5, 5.41) is 14.5. The zero-order chi connectivity index (χ0) is 14.5. The monoisotopic (exact) mass is 290 g/mol. The predicted octanol–water partition coefficient (Wildman–Crippen LogP) is 4.21. The third-order valence-electron chi connectivity index (χ3n) is 3.00. The number of hydrogen-bond acceptors (Lipinski definition) is 3. The van der Waals surface area contributed by atoms with E-state index >= 15 is 0 Å². The van der Waals surface area contributed by atoms with Crippen LogP contribution in [0, 0.1) is 17.0 Å². The van der Waals surface area contributed by atoms with Crippen LogP contribution >= 0.6 is 11.6 Å². The summed E-state index contributed by atoms with van der Waals surface area (Å²) >= 11 is 6.10.